The van der Waals surface area contributed by atoms with Crippen molar-refractivity contribution >= 4 is 23.4 Å². The van der Waals surface area contributed by atoms with E-state index in [9.17, 15) is 9.59 Å². The molecule has 1 saturated heterocycles. The van der Waals surface area contributed by atoms with Crippen molar-refractivity contribution in [3.05, 3.63) is 59.0 Å². The molecule has 24 heavy (non-hydrogen) atoms. The van der Waals surface area contributed by atoms with Gasteiger partial charge < -0.3 is 14.6 Å². The van der Waals surface area contributed by atoms with E-state index in [0.29, 0.717) is 41.7 Å². The molecular weight excluding hydrogens is 328 g/mol. The van der Waals surface area contributed by atoms with Gasteiger partial charge in [0.1, 0.15) is 6.26 Å². The van der Waals surface area contributed by atoms with Crippen molar-refractivity contribution in [3.63, 3.8) is 0 Å². The van der Waals surface area contributed by atoms with Gasteiger partial charge in [-0.25, -0.2) is 0 Å². The van der Waals surface area contributed by atoms with Crippen LogP contribution < -0.4 is 5.32 Å². The highest BCUT2D eigenvalue weighted by molar-refractivity contribution is 6.33. The van der Waals surface area contributed by atoms with Crippen LogP contribution in [0.4, 0.5) is 0 Å². The topological polar surface area (TPSA) is 62.6 Å². The van der Waals surface area contributed by atoms with Crippen LogP contribution >= 0.6 is 11.6 Å². The van der Waals surface area contributed by atoms with Crippen LogP contribution in [0.5, 0.6) is 0 Å². The molecule has 0 unspecified atom stereocenters. The highest BCUT2D eigenvalue weighted by Gasteiger charge is 2.24. The predicted molar refractivity (Wildman–Crippen MR) is 91.1 cm³/mol. The number of likely N-dealkylation sites (tertiary alicyclic amines) is 1. The lowest BCUT2D eigenvalue weighted by Crippen LogP contribution is -2.41. The fraction of sp³-hybridized carbons (Fsp3) is 0.333. The Labute approximate surface area is 145 Å². The van der Waals surface area contributed by atoms with Gasteiger partial charge in [0.2, 0.25) is 0 Å². The second-order valence-electron chi connectivity index (χ2n) is 5.94. The van der Waals surface area contributed by atoms with Crippen LogP contribution in [0.25, 0.3) is 0 Å². The average Bonchev–Trinajstić information content (AvgIpc) is 3.14. The Morgan fingerprint density at radius 2 is 1.96 bits per heavy atom. The number of carbonyl (C=O) groups is 2. The summed E-state index contributed by atoms with van der Waals surface area (Å²) in [6, 6.07) is 8.69. The minimum absolute atomic E-state index is 0.00213. The summed E-state index contributed by atoms with van der Waals surface area (Å²) in [5.74, 6) is 0.213. The number of nitrogens with zero attached hydrogens (tertiary/aromatic N) is 1. The summed E-state index contributed by atoms with van der Waals surface area (Å²) < 4.78 is 4.96. The number of hydrogen-bond acceptors (Lipinski definition) is 3. The van der Waals surface area contributed by atoms with Crippen molar-refractivity contribution in [1.82, 2.24) is 10.2 Å². The smallest absolute Gasteiger partial charge is 0.257 e. The van der Waals surface area contributed by atoms with Gasteiger partial charge in [0.05, 0.1) is 22.4 Å². The predicted octanol–water partition coefficient (Wildman–Crippen LogP) is 3.22. The minimum atomic E-state index is -0.155. The molecule has 6 heteroatoms. The van der Waals surface area contributed by atoms with Crippen molar-refractivity contribution in [3.8, 4) is 0 Å². The van der Waals surface area contributed by atoms with E-state index in [1.807, 2.05) is 4.90 Å². The Kier molecular flexibility index (Phi) is 5.20. The summed E-state index contributed by atoms with van der Waals surface area (Å²) in [6.07, 6.45) is 4.71. The van der Waals surface area contributed by atoms with Gasteiger partial charge in [-0.2, -0.15) is 0 Å². The van der Waals surface area contributed by atoms with Crippen LogP contribution in [0.3, 0.4) is 0 Å². The molecule has 0 radical (unpaired) electrons. The van der Waals surface area contributed by atoms with E-state index in [4.69, 9.17) is 16.0 Å². The number of piperidine rings is 1. The van der Waals surface area contributed by atoms with Gasteiger partial charge in [-0.05, 0) is 37.0 Å². The highest BCUT2D eigenvalue weighted by Crippen LogP contribution is 2.19. The molecule has 1 aromatic carbocycles. The first-order valence-corrected chi connectivity index (χ1v) is 8.37. The van der Waals surface area contributed by atoms with Gasteiger partial charge in [-0.1, -0.05) is 23.7 Å². The molecule has 5 nitrogen and oxygen atoms in total. The number of hydrogen-bond donors (Lipinski definition) is 1. The van der Waals surface area contributed by atoms with Crippen LogP contribution in [0.15, 0.2) is 47.3 Å². The average molecular weight is 347 g/mol. The third-order valence-electron chi connectivity index (χ3n) is 4.34. The molecule has 2 aromatic rings. The summed E-state index contributed by atoms with van der Waals surface area (Å²) in [5.41, 5.74) is 1.08. The van der Waals surface area contributed by atoms with E-state index < -0.39 is 0 Å². The number of nitrogens with one attached hydrogen (secondary N) is 1. The SMILES string of the molecule is O=C(NCC1CCN(C(=O)c2ccoc2)CC1)c1ccccc1Cl. The highest BCUT2D eigenvalue weighted by atomic mass is 35.5. The van der Waals surface area contributed by atoms with Gasteiger partial charge in [0.15, 0.2) is 0 Å². The lowest BCUT2D eigenvalue weighted by Gasteiger charge is -2.31. The summed E-state index contributed by atoms with van der Waals surface area (Å²) in [4.78, 5) is 26.2. The molecule has 1 fully saturated rings. The minimum Gasteiger partial charge on any atom is -0.472 e. The standard InChI is InChI=1S/C18H19ClN2O3/c19-16-4-2-1-3-15(16)17(22)20-11-13-5-8-21(9-6-13)18(23)14-7-10-24-12-14/h1-4,7,10,12-13H,5-6,8-9,11H2,(H,20,22). The van der Waals surface area contributed by atoms with E-state index >= 15 is 0 Å². The number of benzene rings is 1. The maximum Gasteiger partial charge on any atom is 0.257 e. The lowest BCUT2D eigenvalue weighted by atomic mass is 9.96. The van der Waals surface area contributed by atoms with Crippen LogP contribution in [-0.2, 0) is 0 Å². The van der Waals surface area contributed by atoms with Gasteiger partial charge in [0.25, 0.3) is 11.8 Å². The molecule has 2 amide bonds. The van der Waals surface area contributed by atoms with Crippen LogP contribution in [-0.4, -0.2) is 36.3 Å². The van der Waals surface area contributed by atoms with Gasteiger partial charge in [-0.3, -0.25) is 9.59 Å². The van der Waals surface area contributed by atoms with E-state index in [-0.39, 0.29) is 11.8 Å². The van der Waals surface area contributed by atoms with E-state index in [0.717, 1.165) is 12.8 Å². The molecule has 0 aliphatic carbocycles. The van der Waals surface area contributed by atoms with Crippen molar-refractivity contribution in [2.75, 3.05) is 19.6 Å². The van der Waals surface area contributed by atoms with Crippen LogP contribution in [0.2, 0.25) is 5.02 Å². The maximum absolute atomic E-state index is 12.2. The molecule has 2 heterocycles. The summed E-state index contributed by atoms with van der Waals surface area (Å²) >= 11 is 6.03. The van der Waals surface area contributed by atoms with E-state index in [1.165, 1.54) is 12.5 Å². The van der Waals surface area contributed by atoms with Crippen LogP contribution in [0.1, 0.15) is 33.6 Å². The lowest BCUT2D eigenvalue weighted by molar-refractivity contribution is 0.0683. The summed E-state index contributed by atoms with van der Waals surface area (Å²) in [6.45, 7) is 1.98. The number of amides is 2. The fourth-order valence-corrected chi connectivity index (χ4v) is 3.11. The first kappa shape index (κ1) is 16.6. The second-order valence-corrected chi connectivity index (χ2v) is 6.34. The van der Waals surface area contributed by atoms with Crippen molar-refractivity contribution < 1.29 is 14.0 Å². The number of carbonyl (C=O) groups excluding carboxylic acids is 2. The third-order valence-corrected chi connectivity index (χ3v) is 4.67. The molecule has 0 bridgehead atoms. The second kappa shape index (κ2) is 7.53. The first-order valence-electron chi connectivity index (χ1n) is 7.99. The quantitative estimate of drug-likeness (QED) is 0.924. The zero-order chi connectivity index (χ0) is 16.9. The Hall–Kier alpha value is -2.27. The largest absolute Gasteiger partial charge is 0.472 e. The number of halogens is 1. The van der Waals surface area contributed by atoms with E-state index in [2.05, 4.69) is 5.32 Å². The molecule has 1 aliphatic rings. The Morgan fingerprint density at radius 3 is 2.62 bits per heavy atom. The maximum atomic E-state index is 12.2. The molecule has 0 saturated carbocycles. The Bertz CT molecular complexity index is 707. The Balaban J connectivity index is 1.47. The third kappa shape index (κ3) is 3.79. The zero-order valence-electron chi connectivity index (χ0n) is 13.2. The van der Waals surface area contributed by atoms with Gasteiger partial charge in [-0.15, -0.1) is 0 Å². The summed E-state index contributed by atoms with van der Waals surface area (Å²) in [5, 5.41) is 3.39. The Morgan fingerprint density at radius 1 is 1.21 bits per heavy atom. The van der Waals surface area contributed by atoms with E-state index in [1.54, 1.807) is 30.3 Å². The fourth-order valence-electron chi connectivity index (χ4n) is 2.89. The molecule has 0 atom stereocenters. The van der Waals surface area contributed by atoms with Crippen LogP contribution in [0, 0.1) is 5.92 Å². The van der Waals surface area contributed by atoms with Crippen molar-refractivity contribution in [1.29, 1.82) is 0 Å². The molecule has 1 N–H and O–H groups in total. The van der Waals surface area contributed by atoms with Crippen molar-refractivity contribution in [2.24, 2.45) is 5.92 Å². The number of rotatable bonds is 4. The van der Waals surface area contributed by atoms with Crippen molar-refractivity contribution in [2.45, 2.75) is 12.8 Å². The molecule has 1 aromatic heterocycles. The molecule has 0 spiro atoms. The normalized spacial score (nSPS) is 15.3. The van der Waals surface area contributed by atoms with Gasteiger partial charge >= 0.3 is 0 Å². The monoisotopic (exact) mass is 346 g/mol. The molecular formula is C18H19ClN2O3. The molecule has 3 rings (SSSR count). The zero-order valence-corrected chi connectivity index (χ0v) is 14.0. The van der Waals surface area contributed by atoms with Gasteiger partial charge in [0, 0.05) is 19.6 Å². The number of furan rings is 1. The summed E-state index contributed by atoms with van der Waals surface area (Å²) in [7, 11) is 0. The first-order chi connectivity index (χ1) is 11.6. The molecule has 126 valence electrons. The molecule has 1 aliphatic heterocycles.